The molecule has 1 aliphatic heterocycles. The number of carbonyl (C=O) groups excluding carboxylic acids is 1. The van der Waals surface area contributed by atoms with Crippen LogP contribution in [0.4, 0.5) is 0 Å². The number of amides is 1. The third kappa shape index (κ3) is 2.08. The molecule has 0 saturated carbocycles. The number of carbonyl (C=O) groups is 2. The van der Waals surface area contributed by atoms with Gasteiger partial charge in [-0.25, -0.2) is 10.4 Å². The lowest BCUT2D eigenvalue weighted by molar-refractivity contribution is -0.135. The summed E-state index contributed by atoms with van der Waals surface area (Å²) >= 11 is 0. The third-order valence-corrected chi connectivity index (χ3v) is 2.22. The minimum absolute atomic E-state index is 0.227. The van der Waals surface area contributed by atoms with Crippen molar-refractivity contribution < 1.29 is 19.1 Å². The standard InChI is InChI=1S/C9H9N3O4/c13-8(14)4-6-5(9(15)12-11-6)3-7-10-1-2-16-7/h1-2,5H,3-4H2,(H,12,15)(H,13,14). The normalized spacial score (nSPS) is 19.4. The second kappa shape index (κ2) is 4.13. The molecule has 1 aromatic rings. The second-order valence-electron chi connectivity index (χ2n) is 3.33. The number of carboxylic acids is 1. The van der Waals surface area contributed by atoms with Gasteiger partial charge in [-0.15, -0.1) is 0 Å². The Labute approximate surface area is 90.2 Å². The smallest absolute Gasteiger partial charge is 0.309 e. The maximum absolute atomic E-state index is 11.4. The number of carboxylic acid groups (broad SMARTS) is 1. The van der Waals surface area contributed by atoms with Crippen molar-refractivity contribution in [3.63, 3.8) is 0 Å². The van der Waals surface area contributed by atoms with Gasteiger partial charge in [0.05, 0.1) is 24.2 Å². The molecule has 0 bridgehead atoms. The molecule has 7 nitrogen and oxygen atoms in total. The van der Waals surface area contributed by atoms with Gasteiger partial charge in [-0.1, -0.05) is 0 Å². The van der Waals surface area contributed by atoms with Crippen LogP contribution in [-0.2, 0) is 16.0 Å². The zero-order valence-electron chi connectivity index (χ0n) is 8.21. The highest BCUT2D eigenvalue weighted by molar-refractivity contribution is 6.13. The van der Waals surface area contributed by atoms with E-state index in [4.69, 9.17) is 9.52 Å². The number of nitrogens with zero attached hydrogens (tertiary/aromatic N) is 2. The lowest BCUT2D eigenvalue weighted by Gasteiger charge is -2.05. The van der Waals surface area contributed by atoms with E-state index in [1.54, 1.807) is 0 Å². The molecule has 1 unspecified atom stereocenters. The lowest BCUT2D eigenvalue weighted by atomic mass is 9.97. The van der Waals surface area contributed by atoms with Crippen LogP contribution in [0.1, 0.15) is 12.3 Å². The van der Waals surface area contributed by atoms with Crippen LogP contribution in [0.5, 0.6) is 0 Å². The first-order chi connectivity index (χ1) is 7.66. The van der Waals surface area contributed by atoms with Crippen molar-refractivity contribution in [2.24, 2.45) is 11.0 Å². The molecule has 7 heteroatoms. The van der Waals surface area contributed by atoms with Gasteiger partial charge in [-0.05, 0) is 0 Å². The van der Waals surface area contributed by atoms with Crippen LogP contribution in [0, 0.1) is 5.92 Å². The Kier molecular flexibility index (Phi) is 2.67. The molecule has 1 atom stereocenters. The maximum atomic E-state index is 11.4. The van der Waals surface area contributed by atoms with E-state index in [0.29, 0.717) is 11.6 Å². The Morgan fingerprint density at radius 1 is 1.62 bits per heavy atom. The van der Waals surface area contributed by atoms with Crippen LogP contribution in [0.3, 0.4) is 0 Å². The lowest BCUT2D eigenvalue weighted by Crippen LogP contribution is -2.26. The number of hydrogen-bond donors (Lipinski definition) is 2. The summed E-state index contributed by atoms with van der Waals surface area (Å²) in [6.07, 6.45) is 2.83. The molecule has 1 amide bonds. The van der Waals surface area contributed by atoms with Gasteiger partial charge in [0.1, 0.15) is 6.26 Å². The second-order valence-corrected chi connectivity index (χ2v) is 3.33. The van der Waals surface area contributed by atoms with E-state index in [1.807, 2.05) is 0 Å². The van der Waals surface area contributed by atoms with E-state index < -0.39 is 11.9 Å². The zero-order valence-corrected chi connectivity index (χ0v) is 8.21. The van der Waals surface area contributed by atoms with Gasteiger partial charge >= 0.3 is 5.97 Å². The number of aromatic nitrogens is 1. The molecule has 0 aromatic carbocycles. The molecule has 16 heavy (non-hydrogen) atoms. The van der Waals surface area contributed by atoms with Crippen LogP contribution in [0.2, 0.25) is 0 Å². The van der Waals surface area contributed by atoms with E-state index in [9.17, 15) is 9.59 Å². The van der Waals surface area contributed by atoms with Crippen LogP contribution in [0.25, 0.3) is 0 Å². The largest absolute Gasteiger partial charge is 0.481 e. The fraction of sp³-hybridized carbons (Fsp3) is 0.333. The van der Waals surface area contributed by atoms with Crippen molar-refractivity contribution >= 4 is 17.6 Å². The van der Waals surface area contributed by atoms with Gasteiger partial charge in [0.25, 0.3) is 0 Å². The summed E-state index contributed by atoms with van der Waals surface area (Å²) in [6, 6.07) is 0. The van der Waals surface area contributed by atoms with E-state index in [2.05, 4.69) is 15.5 Å². The van der Waals surface area contributed by atoms with E-state index in [0.717, 1.165) is 0 Å². The predicted octanol–water partition coefficient (Wildman–Crippen LogP) is -0.206. The summed E-state index contributed by atoms with van der Waals surface area (Å²) in [4.78, 5) is 25.8. The molecule has 0 fully saturated rings. The van der Waals surface area contributed by atoms with Crippen molar-refractivity contribution in [1.29, 1.82) is 0 Å². The average Bonchev–Trinajstić information content (AvgIpc) is 2.82. The van der Waals surface area contributed by atoms with Gasteiger partial charge in [0, 0.05) is 6.42 Å². The van der Waals surface area contributed by atoms with E-state index >= 15 is 0 Å². The molecule has 0 spiro atoms. The van der Waals surface area contributed by atoms with Crippen molar-refractivity contribution in [1.82, 2.24) is 10.4 Å². The Bertz CT molecular complexity index is 438. The summed E-state index contributed by atoms with van der Waals surface area (Å²) in [5.74, 6) is -1.56. The highest BCUT2D eigenvalue weighted by Gasteiger charge is 2.32. The summed E-state index contributed by atoms with van der Waals surface area (Å²) in [5, 5.41) is 12.3. The van der Waals surface area contributed by atoms with Crippen molar-refractivity contribution in [2.75, 3.05) is 0 Å². The topological polar surface area (TPSA) is 105 Å². The summed E-state index contributed by atoms with van der Waals surface area (Å²) in [7, 11) is 0. The van der Waals surface area contributed by atoms with E-state index in [-0.39, 0.29) is 18.7 Å². The first-order valence-electron chi connectivity index (χ1n) is 4.63. The van der Waals surface area contributed by atoms with Crippen molar-refractivity contribution in [3.05, 3.63) is 18.4 Å². The molecular weight excluding hydrogens is 214 g/mol. The van der Waals surface area contributed by atoms with Crippen LogP contribution in [0.15, 0.2) is 22.0 Å². The highest BCUT2D eigenvalue weighted by Crippen LogP contribution is 2.15. The van der Waals surface area contributed by atoms with E-state index in [1.165, 1.54) is 12.5 Å². The average molecular weight is 223 g/mol. The Hall–Kier alpha value is -2.18. The third-order valence-electron chi connectivity index (χ3n) is 2.22. The minimum atomic E-state index is -1.02. The number of hydrazone groups is 1. The van der Waals surface area contributed by atoms with Crippen molar-refractivity contribution in [3.8, 4) is 0 Å². The molecule has 0 saturated heterocycles. The van der Waals surface area contributed by atoms with Crippen LogP contribution in [-0.4, -0.2) is 27.7 Å². The molecule has 2 heterocycles. The molecule has 1 aromatic heterocycles. The number of oxazole rings is 1. The Balaban J connectivity index is 2.09. The number of nitrogens with one attached hydrogen (secondary N) is 1. The fourth-order valence-electron chi connectivity index (χ4n) is 1.49. The molecule has 2 N–H and O–H groups in total. The molecule has 2 rings (SSSR count). The Morgan fingerprint density at radius 3 is 3.06 bits per heavy atom. The van der Waals surface area contributed by atoms with Gasteiger partial charge in [-0.3, -0.25) is 9.59 Å². The van der Waals surface area contributed by atoms with Crippen molar-refractivity contribution in [2.45, 2.75) is 12.8 Å². The summed E-state index contributed by atoms with van der Waals surface area (Å²) in [5.41, 5.74) is 2.56. The molecule has 1 aliphatic rings. The molecular formula is C9H9N3O4. The monoisotopic (exact) mass is 223 g/mol. The molecule has 0 radical (unpaired) electrons. The minimum Gasteiger partial charge on any atom is -0.481 e. The number of rotatable bonds is 4. The SMILES string of the molecule is O=C(O)CC1=NNC(=O)C1Cc1ncco1. The molecule has 84 valence electrons. The number of hydrogen-bond acceptors (Lipinski definition) is 5. The number of aliphatic carboxylic acids is 1. The molecule has 0 aliphatic carbocycles. The first-order valence-corrected chi connectivity index (χ1v) is 4.63. The first kappa shape index (κ1) is 10.3. The van der Waals surface area contributed by atoms with Gasteiger partial charge in [0.15, 0.2) is 5.89 Å². The van der Waals surface area contributed by atoms with Gasteiger partial charge in [0.2, 0.25) is 5.91 Å². The fourth-order valence-corrected chi connectivity index (χ4v) is 1.49. The zero-order chi connectivity index (χ0) is 11.5. The van der Waals surface area contributed by atoms with Crippen LogP contribution >= 0.6 is 0 Å². The summed E-state index contributed by atoms with van der Waals surface area (Å²) < 4.78 is 5.00. The van der Waals surface area contributed by atoms with Crippen LogP contribution < -0.4 is 5.43 Å². The predicted molar refractivity (Wildman–Crippen MR) is 51.5 cm³/mol. The highest BCUT2D eigenvalue weighted by atomic mass is 16.4. The Morgan fingerprint density at radius 2 is 2.44 bits per heavy atom. The van der Waals surface area contributed by atoms with Gasteiger partial charge in [-0.2, -0.15) is 5.10 Å². The maximum Gasteiger partial charge on any atom is 0.309 e. The van der Waals surface area contributed by atoms with Gasteiger partial charge < -0.3 is 9.52 Å². The quantitative estimate of drug-likeness (QED) is 0.735. The summed E-state index contributed by atoms with van der Waals surface area (Å²) in [6.45, 7) is 0.